The summed E-state index contributed by atoms with van der Waals surface area (Å²) in [7, 11) is 0. The molecule has 3 aromatic heterocycles. The maximum Gasteiger partial charge on any atom is 0.158 e. The summed E-state index contributed by atoms with van der Waals surface area (Å²) >= 11 is 0. The first kappa shape index (κ1) is 15.8. The SMILES string of the molecule is CCc1nc([C@@H]2COC[C@@H]2Nc2cccc(-n3ccnc3C)n2)n[nH]1. The lowest BCUT2D eigenvalue weighted by Crippen LogP contribution is -2.27. The van der Waals surface area contributed by atoms with Gasteiger partial charge in [-0.25, -0.2) is 15.0 Å². The molecule has 2 N–H and O–H groups in total. The van der Waals surface area contributed by atoms with E-state index in [1.54, 1.807) is 6.20 Å². The summed E-state index contributed by atoms with van der Waals surface area (Å²) in [5.74, 6) is 4.35. The largest absolute Gasteiger partial charge is 0.378 e. The van der Waals surface area contributed by atoms with Gasteiger partial charge in [-0.05, 0) is 19.1 Å². The minimum Gasteiger partial charge on any atom is -0.378 e. The maximum atomic E-state index is 5.66. The average Bonchev–Trinajstić information content (AvgIpc) is 3.35. The topological polar surface area (TPSA) is 93.5 Å². The maximum absolute atomic E-state index is 5.66. The van der Waals surface area contributed by atoms with E-state index in [0.29, 0.717) is 13.2 Å². The van der Waals surface area contributed by atoms with Gasteiger partial charge >= 0.3 is 0 Å². The zero-order valence-electron chi connectivity index (χ0n) is 14.3. The lowest BCUT2D eigenvalue weighted by Gasteiger charge is -2.18. The molecule has 1 fully saturated rings. The normalized spacial score (nSPS) is 20.1. The van der Waals surface area contributed by atoms with Crippen molar-refractivity contribution in [1.29, 1.82) is 0 Å². The van der Waals surface area contributed by atoms with Gasteiger partial charge in [-0.15, -0.1) is 0 Å². The standard InChI is InChI=1S/C17H21N7O/c1-3-14-21-17(23-22-14)12-9-25-10-13(12)19-15-5-4-6-16(20-15)24-8-7-18-11(24)2/h4-8,12-13H,3,9-10H2,1-2H3,(H,19,20)(H,21,22,23)/t12-,13+/m1/s1. The van der Waals surface area contributed by atoms with Gasteiger partial charge in [-0.3, -0.25) is 9.67 Å². The van der Waals surface area contributed by atoms with Crippen LogP contribution in [0.1, 0.15) is 30.3 Å². The Labute approximate surface area is 145 Å². The molecule has 2 atom stereocenters. The van der Waals surface area contributed by atoms with Crippen molar-refractivity contribution < 1.29 is 4.74 Å². The van der Waals surface area contributed by atoms with E-state index in [4.69, 9.17) is 9.72 Å². The molecule has 0 radical (unpaired) electrons. The molecule has 0 saturated carbocycles. The fourth-order valence-corrected chi connectivity index (χ4v) is 3.03. The van der Waals surface area contributed by atoms with Crippen LogP contribution in [0.3, 0.4) is 0 Å². The minimum atomic E-state index is 0.0899. The molecule has 1 saturated heterocycles. The first-order valence-corrected chi connectivity index (χ1v) is 8.47. The third kappa shape index (κ3) is 3.12. The number of ether oxygens (including phenoxy) is 1. The van der Waals surface area contributed by atoms with Crippen LogP contribution in [-0.4, -0.2) is 49.0 Å². The summed E-state index contributed by atoms with van der Waals surface area (Å²) in [6.07, 6.45) is 4.52. The Morgan fingerprint density at radius 2 is 2.24 bits per heavy atom. The van der Waals surface area contributed by atoms with Crippen LogP contribution in [0.4, 0.5) is 5.82 Å². The van der Waals surface area contributed by atoms with Gasteiger partial charge in [0.1, 0.15) is 23.3 Å². The summed E-state index contributed by atoms with van der Waals surface area (Å²) < 4.78 is 7.62. The number of hydrogen-bond donors (Lipinski definition) is 2. The van der Waals surface area contributed by atoms with Crippen molar-refractivity contribution >= 4 is 5.82 Å². The molecule has 8 nitrogen and oxygen atoms in total. The van der Waals surface area contributed by atoms with Gasteiger partial charge in [-0.2, -0.15) is 5.10 Å². The van der Waals surface area contributed by atoms with E-state index in [0.717, 1.165) is 35.5 Å². The molecule has 4 heterocycles. The zero-order valence-corrected chi connectivity index (χ0v) is 14.3. The van der Waals surface area contributed by atoms with Gasteiger partial charge in [0, 0.05) is 18.8 Å². The number of aromatic amines is 1. The van der Waals surface area contributed by atoms with E-state index in [1.807, 2.05) is 35.9 Å². The highest BCUT2D eigenvalue weighted by atomic mass is 16.5. The lowest BCUT2D eigenvalue weighted by molar-refractivity contribution is 0.191. The van der Waals surface area contributed by atoms with Crippen LogP contribution in [0.25, 0.3) is 5.82 Å². The minimum absolute atomic E-state index is 0.0899. The van der Waals surface area contributed by atoms with Crippen LogP contribution in [0.5, 0.6) is 0 Å². The third-order valence-corrected chi connectivity index (χ3v) is 4.44. The van der Waals surface area contributed by atoms with Crippen molar-refractivity contribution in [1.82, 2.24) is 29.7 Å². The van der Waals surface area contributed by atoms with Crippen molar-refractivity contribution in [2.24, 2.45) is 0 Å². The number of nitrogens with zero attached hydrogens (tertiary/aromatic N) is 5. The number of aromatic nitrogens is 6. The number of aryl methyl sites for hydroxylation is 2. The predicted molar refractivity (Wildman–Crippen MR) is 92.8 cm³/mol. The van der Waals surface area contributed by atoms with Crippen molar-refractivity contribution in [2.45, 2.75) is 32.2 Å². The van der Waals surface area contributed by atoms with Crippen molar-refractivity contribution in [2.75, 3.05) is 18.5 Å². The number of rotatable bonds is 5. The summed E-state index contributed by atoms with van der Waals surface area (Å²) in [5.41, 5.74) is 0. The van der Waals surface area contributed by atoms with E-state index in [9.17, 15) is 0 Å². The van der Waals surface area contributed by atoms with Crippen LogP contribution in [0.15, 0.2) is 30.6 Å². The predicted octanol–water partition coefficient (Wildman–Crippen LogP) is 1.85. The second kappa shape index (κ2) is 6.64. The smallest absolute Gasteiger partial charge is 0.158 e. The molecule has 0 bridgehead atoms. The van der Waals surface area contributed by atoms with E-state index >= 15 is 0 Å². The highest BCUT2D eigenvalue weighted by Gasteiger charge is 2.33. The van der Waals surface area contributed by atoms with Gasteiger partial charge in [0.2, 0.25) is 0 Å². The summed E-state index contributed by atoms with van der Waals surface area (Å²) in [4.78, 5) is 13.5. The molecule has 3 aromatic rings. The second-order valence-corrected chi connectivity index (χ2v) is 6.11. The fourth-order valence-electron chi connectivity index (χ4n) is 3.03. The van der Waals surface area contributed by atoms with Gasteiger partial charge in [0.05, 0.1) is 25.2 Å². The van der Waals surface area contributed by atoms with Crippen LogP contribution in [0.2, 0.25) is 0 Å². The van der Waals surface area contributed by atoms with E-state index in [2.05, 4.69) is 32.4 Å². The quantitative estimate of drug-likeness (QED) is 0.737. The first-order valence-electron chi connectivity index (χ1n) is 8.47. The Kier molecular flexibility index (Phi) is 4.19. The fraction of sp³-hybridized carbons (Fsp3) is 0.412. The molecule has 0 unspecified atom stereocenters. The Hall–Kier alpha value is -2.74. The summed E-state index contributed by atoms with van der Waals surface area (Å²) in [6, 6.07) is 6.00. The zero-order chi connectivity index (χ0) is 17.2. The summed E-state index contributed by atoms with van der Waals surface area (Å²) in [5, 5.41) is 10.8. The molecule has 0 aliphatic carbocycles. The molecule has 8 heteroatoms. The molecule has 0 spiro atoms. The average molecular weight is 339 g/mol. The van der Waals surface area contributed by atoms with Crippen molar-refractivity contribution in [3.8, 4) is 5.82 Å². The van der Waals surface area contributed by atoms with Gasteiger partial charge < -0.3 is 10.1 Å². The van der Waals surface area contributed by atoms with Crippen molar-refractivity contribution in [3.05, 3.63) is 48.1 Å². The van der Waals surface area contributed by atoms with Crippen molar-refractivity contribution in [3.63, 3.8) is 0 Å². The van der Waals surface area contributed by atoms with Crippen LogP contribution in [0, 0.1) is 6.92 Å². The van der Waals surface area contributed by atoms with Gasteiger partial charge in [0.25, 0.3) is 0 Å². The molecule has 1 aliphatic heterocycles. The monoisotopic (exact) mass is 339 g/mol. The van der Waals surface area contributed by atoms with Crippen LogP contribution >= 0.6 is 0 Å². The van der Waals surface area contributed by atoms with Gasteiger partial charge in [0.15, 0.2) is 5.82 Å². The third-order valence-electron chi connectivity index (χ3n) is 4.44. The Morgan fingerprint density at radius 3 is 3.00 bits per heavy atom. The number of imidazole rings is 1. The molecule has 1 aliphatic rings. The van der Waals surface area contributed by atoms with E-state index in [-0.39, 0.29) is 12.0 Å². The number of nitrogens with one attached hydrogen (secondary N) is 2. The highest BCUT2D eigenvalue weighted by molar-refractivity contribution is 5.42. The van der Waals surface area contributed by atoms with Crippen LogP contribution < -0.4 is 5.32 Å². The van der Waals surface area contributed by atoms with E-state index in [1.165, 1.54) is 0 Å². The molecule has 4 rings (SSSR count). The molecule has 130 valence electrons. The highest BCUT2D eigenvalue weighted by Crippen LogP contribution is 2.26. The number of pyridine rings is 1. The molecule has 0 aromatic carbocycles. The lowest BCUT2D eigenvalue weighted by atomic mass is 10.0. The Balaban J connectivity index is 1.54. The Morgan fingerprint density at radius 1 is 1.32 bits per heavy atom. The number of H-pyrrole nitrogens is 1. The van der Waals surface area contributed by atoms with Crippen LogP contribution in [-0.2, 0) is 11.2 Å². The van der Waals surface area contributed by atoms with E-state index < -0.39 is 0 Å². The second-order valence-electron chi connectivity index (χ2n) is 6.11. The molecular weight excluding hydrogens is 318 g/mol. The number of anilines is 1. The number of hydrogen-bond acceptors (Lipinski definition) is 6. The Bertz CT molecular complexity index is 856. The summed E-state index contributed by atoms with van der Waals surface area (Å²) in [6.45, 7) is 5.23. The molecular formula is C17H21N7O. The molecule has 0 amide bonds. The molecule has 25 heavy (non-hydrogen) atoms. The van der Waals surface area contributed by atoms with Gasteiger partial charge in [-0.1, -0.05) is 13.0 Å². The first-order chi connectivity index (χ1) is 12.2.